The highest BCUT2D eigenvalue weighted by molar-refractivity contribution is 5.94. The van der Waals surface area contributed by atoms with E-state index in [1.165, 1.54) is 0 Å². The number of nitrogens with two attached hydrogens (primary N) is 1. The van der Waals surface area contributed by atoms with E-state index in [-0.39, 0.29) is 29.8 Å². The molecule has 0 radical (unpaired) electrons. The molecule has 2 aromatic carbocycles. The Bertz CT molecular complexity index is 683. The largest absolute Gasteiger partial charge is 0.338 e. The molecule has 3 nitrogen and oxygen atoms in total. The molecule has 1 fully saturated rings. The maximum absolute atomic E-state index is 12.7. The Morgan fingerprint density at radius 3 is 2.21 bits per heavy atom. The first-order valence-electron chi connectivity index (χ1n) is 8.18. The van der Waals surface area contributed by atoms with Crippen molar-refractivity contribution >= 4 is 18.3 Å². The van der Waals surface area contributed by atoms with E-state index in [9.17, 15) is 4.79 Å². The summed E-state index contributed by atoms with van der Waals surface area (Å²) in [5, 5.41) is 0. The molecular weight excluding hydrogens is 320 g/mol. The average Bonchev–Trinajstić information content (AvgIpc) is 2.57. The van der Waals surface area contributed by atoms with E-state index in [0.717, 1.165) is 29.7 Å². The Morgan fingerprint density at radius 1 is 1.04 bits per heavy atom. The molecule has 1 amide bonds. The first-order chi connectivity index (χ1) is 11.0. The Labute approximate surface area is 150 Å². The van der Waals surface area contributed by atoms with Gasteiger partial charge in [-0.1, -0.05) is 56.3 Å². The lowest BCUT2D eigenvalue weighted by Gasteiger charge is -2.42. The fraction of sp³-hybridized carbons (Fsp3) is 0.350. The van der Waals surface area contributed by atoms with Gasteiger partial charge in [-0.25, -0.2) is 0 Å². The first kappa shape index (κ1) is 18.5. The quantitative estimate of drug-likeness (QED) is 0.895. The molecule has 0 bridgehead atoms. The molecule has 1 heterocycles. The van der Waals surface area contributed by atoms with Crippen LogP contribution in [0.25, 0.3) is 11.1 Å². The molecule has 1 unspecified atom stereocenters. The zero-order valence-electron chi connectivity index (χ0n) is 14.2. The lowest BCUT2D eigenvalue weighted by atomic mass is 9.79. The minimum absolute atomic E-state index is 0. The number of halogens is 1. The van der Waals surface area contributed by atoms with Crippen LogP contribution in [0.5, 0.6) is 0 Å². The molecule has 4 heteroatoms. The molecule has 24 heavy (non-hydrogen) atoms. The molecule has 0 saturated carbocycles. The number of carbonyl (C=O) groups excluding carboxylic acids is 1. The third kappa shape index (κ3) is 3.80. The summed E-state index contributed by atoms with van der Waals surface area (Å²) in [5.74, 6) is 0.101. The van der Waals surface area contributed by atoms with Crippen molar-refractivity contribution in [1.82, 2.24) is 4.90 Å². The van der Waals surface area contributed by atoms with Crippen LogP contribution in [0.2, 0.25) is 0 Å². The summed E-state index contributed by atoms with van der Waals surface area (Å²) in [6, 6.07) is 18.2. The number of benzene rings is 2. The molecule has 1 aliphatic heterocycles. The predicted octanol–water partition coefficient (Wildman–Crippen LogP) is 3.97. The van der Waals surface area contributed by atoms with E-state index in [2.05, 4.69) is 26.0 Å². The van der Waals surface area contributed by atoms with Crippen molar-refractivity contribution in [1.29, 1.82) is 0 Å². The second-order valence-corrected chi connectivity index (χ2v) is 7.05. The van der Waals surface area contributed by atoms with Crippen molar-refractivity contribution in [2.45, 2.75) is 26.3 Å². The number of nitrogens with zero attached hydrogens (tertiary/aromatic N) is 1. The number of piperidine rings is 1. The van der Waals surface area contributed by atoms with Gasteiger partial charge in [0.15, 0.2) is 0 Å². The number of carbonyl (C=O) groups is 1. The van der Waals surface area contributed by atoms with E-state index in [0.29, 0.717) is 6.54 Å². The molecule has 128 valence electrons. The van der Waals surface area contributed by atoms with E-state index < -0.39 is 0 Å². The summed E-state index contributed by atoms with van der Waals surface area (Å²) >= 11 is 0. The number of amides is 1. The lowest BCUT2D eigenvalue weighted by Crippen LogP contribution is -2.53. The molecule has 2 aromatic rings. The van der Waals surface area contributed by atoms with Crippen LogP contribution in [0.15, 0.2) is 54.6 Å². The maximum atomic E-state index is 12.7. The van der Waals surface area contributed by atoms with E-state index >= 15 is 0 Å². The molecule has 1 atom stereocenters. The van der Waals surface area contributed by atoms with Crippen molar-refractivity contribution in [2.75, 3.05) is 13.1 Å². The third-order valence-corrected chi connectivity index (χ3v) is 4.84. The van der Waals surface area contributed by atoms with Crippen molar-refractivity contribution in [2.24, 2.45) is 11.1 Å². The van der Waals surface area contributed by atoms with Gasteiger partial charge in [0.2, 0.25) is 0 Å². The molecule has 3 rings (SSSR count). The van der Waals surface area contributed by atoms with Gasteiger partial charge in [-0.15, -0.1) is 12.4 Å². The normalized spacial score (nSPS) is 19.5. The maximum Gasteiger partial charge on any atom is 0.253 e. The first-order valence-corrected chi connectivity index (χ1v) is 8.18. The zero-order valence-corrected chi connectivity index (χ0v) is 15.1. The van der Waals surface area contributed by atoms with Crippen LogP contribution in [-0.4, -0.2) is 29.9 Å². The predicted molar refractivity (Wildman–Crippen MR) is 101 cm³/mol. The van der Waals surface area contributed by atoms with Crippen LogP contribution in [0.3, 0.4) is 0 Å². The fourth-order valence-corrected chi connectivity index (χ4v) is 3.17. The summed E-state index contributed by atoms with van der Waals surface area (Å²) in [4.78, 5) is 14.7. The molecule has 0 aromatic heterocycles. The number of hydrogen-bond donors (Lipinski definition) is 1. The smallest absolute Gasteiger partial charge is 0.253 e. The van der Waals surface area contributed by atoms with Crippen LogP contribution in [-0.2, 0) is 0 Å². The second-order valence-electron chi connectivity index (χ2n) is 7.05. The summed E-state index contributed by atoms with van der Waals surface area (Å²) < 4.78 is 0. The molecule has 1 aliphatic rings. The van der Waals surface area contributed by atoms with E-state index in [1.54, 1.807) is 0 Å². The average molecular weight is 345 g/mol. The van der Waals surface area contributed by atoms with Crippen molar-refractivity contribution < 1.29 is 4.79 Å². The SMILES string of the molecule is CC1(C)CN(C(=O)c2ccc(-c3ccccc3)cc2)CCC1N.Cl. The van der Waals surface area contributed by atoms with Gasteiger partial charge in [-0.3, -0.25) is 4.79 Å². The van der Waals surface area contributed by atoms with Gasteiger partial charge in [-0.2, -0.15) is 0 Å². The van der Waals surface area contributed by atoms with Crippen LogP contribution in [0.4, 0.5) is 0 Å². The monoisotopic (exact) mass is 344 g/mol. The molecular formula is C20H25ClN2O. The Balaban J connectivity index is 0.00000208. The minimum Gasteiger partial charge on any atom is -0.338 e. The van der Waals surface area contributed by atoms with Crippen molar-refractivity contribution in [3.8, 4) is 11.1 Å². The number of hydrogen-bond acceptors (Lipinski definition) is 2. The highest BCUT2D eigenvalue weighted by Crippen LogP contribution is 2.29. The van der Waals surface area contributed by atoms with Crippen molar-refractivity contribution in [3.05, 3.63) is 60.2 Å². The standard InChI is InChI=1S/C20H24N2O.ClH/c1-20(2)14-22(13-12-18(20)21)19(23)17-10-8-16(9-11-17)15-6-4-3-5-7-15;/h3-11,18H,12-14,21H2,1-2H3;1H. The van der Waals surface area contributed by atoms with Gasteiger partial charge in [0.25, 0.3) is 5.91 Å². The van der Waals surface area contributed by atoms with Crippen LogP contribution >= 0.6 is 12.4 Å². The summed E-state index contributed by atoms with van der Waals surface area (Å²) in [6.45, 7) is 5.72. The van der Waals surface area contributed by atoms with Crippen LogP contribution in [0.1, 0.15) is 30.6 Å². The zero-order chi connectivity index (χ0) is 16.4. The van der Waals surface area contributed by atoms with Crippen LogP contribution in [0, 0.1) is 5.41 Å². The number of rotatable bonds is 2. The third-order valence-electron chi connectivity index (χ3n) is 4.84. The lowest BCUT2D eigenvalue weighted by molar-refractivity contribution is 0.0533. The minimum atomic E-state index is -0.0299. The summed E-state index contributed by atoms with van der Waals surface area (Å²) in [7, 11) is 0. The highest BCUT2D eigenvalue weighted by atomic mass is 35.5. The molecule has 2 N–H and O–H groups in total. The highest BCUT2D eigenvalue weighted by Gasteiger charge is 2.35. The van der Waals surface area contributed by atoms with Gasteiger partial charge in [0, 0.05) is 24.7 Å². The summed E-state index contributed by atoms with van der Waals surface area (Å²) in [6.07, 6.45) is 0.862. The van der Waals surface area contributed by atoms with Gasteiger partial charge in [0.05, 0.1) is 0 Å². The summed E-state index contributed by atoms with van der Waals surface area (Å²) in [5.41, 5.74) is 9.17. The number of likely N-dealkylation sites (tertiary alicyclic amines) is 1. The topological polar surface area (TPSA) is 46.3 Å². The fourth-order valence-electron chi connectivity index (χ4n) is 3.17. The van der Waals surface area contributed by atoms with Crippen molar-refractivity contribution in [3.63, 3.8) is 0 Å². The second kappa shape index (κ2) is 7.37. The Morgan fingerprint density at radius 2 is 1.62 bits per heavy atom. The van der Waals surface area contributed by atoms with Crippen LogP contribution < -0.4 is 5.73 Å². The Hall–Kier alpha value is -1.84. The van der Waals surface area contributed by atoms with Gasteiger partial charge < -0.3 is 10.6 Å². The molecule has 0 aliphatic carbocycles. The molecule has 1 saturated heterocycles. The van der Waals surface area contributed by atoms with E-state index in [4.69, 9.17) is 5.73 Å². The van der Waals surface area contributed by atoms with Gasteiger partial charge >= 0.3 is 0 Å². The molecule has 0 spiro atoms. The Kier molecular flexibility index (Phi) is 5.68. The van der Waals surface area contributed by atoms with Gasteiger partial charge in [-0.05, 0) is 35.1 Å². The van der Waals surface area contributed by atoms with Gasteiger partial charge in [0.1, 0.15) is 0 Å². The van der Waals surface area contributed by atoms with E-state index in [1.807, 2.05) is 47.4 Å².